The van der Waals surface area contributed by atoms with Crippen LogP contribution in [0.2, 0.25) is 0 Å². The lowest BCUT2D eigenvalue weighted by atomic mass is 10.1. The van der Waals surface area contributed by atoms with Crippen molar-refractivity contribution in [2.24, 2.45) is 0 Å². The second kappa shape index (κ2) is 8.43. The first-order valence-electron chi connectivity index (χ1n) is 7.84. The molecule has 1 N–H and O–H groups in total. The maximum Gasteiger partial charge on any atom is 0.243 e. The van der Waals surface area contributed by atoms with Crippen LogP contribution in [0, 0.1) is 11.3 Å². The molecule has 0 aliphatic carbocycles. The van der Waals surface area contributed by atoms with Gasteiger partial charge < -0.3 is 5.32 Å². The number of sulfonamides is 1. The predicted molar refractivity (Wildman–Crippen MR) is 99.7 cm³/mol. The molecule has 6 nitrogen and oxygen atoms in total. The number of nitrogens with one attached hydrogen (secondary N) is 1. The summed E-state index contributed by atoms with van der Waals surface area (Å²) in [6.07, 6.45) is 1.51. The van der Waals surface area contributed by atoms with E-state index in [4.69, 9.17) is 5.26 Å². The average Bonchev–Trinajstić information content (AvgIpc) is 2.61. The fraction of sp³-hybridized carbons (Fsp3) is 0.158. The SMILES string of the molecule is C=CCN(Cc1cccc(C#N)c1)S(=O)(=O)c1ccc(NC(C)=O)cc1. The number of hydrogen-bond acceptors (Lipinski definition) is 4. The van der Waals surface area contributed by atoms with Crippen LogP contribution in [-0.4, -0.2) is 25.2 Å². The molecule has 134 valence electrons. The topological polar surface area (TPSA) is 90.3 Å². The van der Waals surface area contributed by atoms with Crippen LogP contribution in [0.1, 0.15) is 18.1 Å². The van der Waals surface area contributed by atoms with Crippen LogP contribution in [0.5, 0.6) is 0 Å². The first-order valence-corrected chi connectivity index (χ1v) is 9.28. The van der Waals surface area contributed by atoms with Gasteiger partial charge in [0.25, 0.3) is 0 Å². The minimum absolute atomic E-state index is 0.116. The lowest BCUT2D eigenvalue weighted by molar-refractivity contribution is -0.114. The summed E-state index contributed by atoms with van der Waals surface area (Å²) < 4.78 is 27.2. The van der Waals surface area contributed by atoms with Crippen molar-refractivity contribution in [3.8, 4) is 6.07 Å². The van der Waals surface area contributed by atoms with Crippen molar-refractivity contribution in [2.45, 2.75) is 18.4 Å². The highest BCUT2D eigenvalue weighted by Gasteiger charge is 2.23. The molecule has 0 fully saturated rings. The van der Waals surface area contributed by atoms with Crippen molar-refractivity contribution < 1.29 is 13.2 Å². The van der Waals surface area contributed by atoms with Crippen molar-refractivity contribution in [3.05, 3.63) is 72.3 Å². The van der Waals surface area contributed by atoms with Crippen LogP contribution in [0.3, 0.4) is 0 Å². The van der Waals surface area contributed by atoms with E-state index >= 15 is 0 Å². The van der Waals surface area contributed by atoms with E-state index < -0.39 is 10.0 Å². The van der Waals surface area contributed by atoms with Crippen LogP contribution in [0.4, 0.5) is 5.69 Å². The van der Waals surface area contributed by atoms with Crippen LogP contribution in [0.25, 0.3) is 0 Å². The number of carbonyl (C=O) groups is 1. The van der Waals surface area contributed by atoms with E-state index in [1.54, 1.807) is 24.3 Å². The zero-order chi connectivity index (χ0) is 19.2. The summed E-state index contributed by atoms with van der Waals surface area (Å²) in [4.78, 5) is 11.2. The number of nitriles is 1. The van der Waals surface area contributed by atoms with Gasteiger partial charge in [-0.05, 0) is 42.0 Å². The quantitative estimate of drug-likeness (QED) is 0.760. The van der Waals surface area contributed by atoms with Gasteiger partial charge in [-0.2, -0.15) is 9.57 Å². The summed E-state index contributed by atoms with van der Waals surface area (Å²) >= 11 is 0. The Morgan fingerprint density at radius 2 is 1.96 bits per heavy atom. The molecule has 0 aromatic heterocycles. The summed E-state index contributed by atoms with van der Waals surface area (Å²) in [5.41, 5.74) is 1.70. The van der Waals surface area contributed by atoms with Gasteiger partial charge in [0.15, 0.2) is 0 Å². The zero-order valence-electron chi connectivity index (χ0n) is 14.3. The Morgan fingerprint density at radius 3 is 2.54 bits per heavy atom. The number of amides is 1. The van der Waals surface area contributed by atoms with Crippen molar-refractivity contribution in [3.63, 3.8) is 0 Å². The number of hydrogen-bond donors (Lipinski definition) is 1. The standard InChI is InChI=1S/C19H19N3O3S/c1-3-11-22(14-17-6-4-5-16(12-17)13-20)26(24,25)19-9-7-18(8-10-19)21-15(2)23/h3-10,12H,1,11,14H2,2H3,(H,21,23). The van der Waals surface area contributed by atoms with Gasteiger partial charge in [0, 0.05) is 25.7 Å². The van der Waals surface area contributed by atoms with Gasteiger partial charge in [0.2, 0.25) is 15.9 Å². The van der Waals surface area contributed by atoms with Crippen LogP contribution in [-0.2, 0) is 21.4 Å². The predicted octanol–water partition coefficient (Wildman–Crippen LogP) is 2.89. The molecule has 0 aliphatic heterocycles. The molecular weight excluding hydrogens is 350 g/mol. The first-order chi connectivity index (χ1) is 12.4. The normalized spacial score (nSPS) is 11.0. The highest BCUT2D eigenvalue weighted by Crippen LogP contribution is 2.21. The summed E-state index contributed by atoms with van der Waals surface area (Å²) in [5, 5.41) is 11.6. The van der Waals surface area contributed by atoms with E-state index in [1.165, 1.54) is 41.6 Å². The monoisotopic (exact) mass is 369 g/mol. The molecule has 0 aliphatic rings. The molecule has 0 radical (unpaired) electrons. The second-order valence-corrected chi connectivity index (χ2v) is 7.54. The van der Waals surface area contributed by atoms with Gasteiger partial charge >= 0.3 is 0 Å². The first kappa shape index (κ1) is 19.4. The van der Waals surface area contributed by atoms with Gasteiger partial charge in [-0.1, -0.05) is 18.2 Å². The van der Waals surface area contributed by atoms with E-state index in [9.17, 15) is 13.2 Å². The Bertz CT molecular complexity index is 945. The van der Waals surface area contributed by atoms with Gasteiger partial charge in [-0.15, -0.1) is 6.58 Å². The Labute approximate surface area is 153 Å². The molecule has 2 aromatic rings. The molecule has 0 bridgehead atoms. The van der Waals surface area contributed by atoms with Crippen molar-refractivity contribution >= 4 is 21.6 Å². The number of anilines is 1. The molecule has 2 rings (SSSR count). The van der Waals surface area contributed by atoms with E-state index in [2.05, 4.69) is 11.9 Å². The molecule has 0 unspecified atom stereocenters. The Kier molecular flexibility index (Phi) is 6.28. The third-order valence-electron chi connectivity index (χ3n) is 3.56. The lowest BCUT2D eigenvalue weighted by Crippen LogP contribution is -2.30. The Morgan fingerprint density at radius 1 is 1.27 bits per heavy atom. The highest BCUT2D eigenvalue weighted by atomic mass is 32.2. The number of carbonyl (C=O) groups excluding carboxylic acids is 1. The molecule has 7 heteroatoms. The third kappa shape index (κ3) is 4.79. The van der Waals surface area contributed by atoms with Gasteiger partial charge in [-0.25, -0.2) is 8.42 Å². The van der Waals surface area contributed by atoms with Gasteiger partial charge in [0.05, 0.1) is 16.5 Å². The molecule has 0 spiro atoms. The molecule has 0 saturated heterocycles. The summed E-state index contributed by atoms with van der Waals surface area (Å²) in [7, 11) is -3.76. The molecule has 2 aromatic carbocycles. The maximum absolute atomic E-state index is 12.9. The van der Waals surface area contributed by atoms with Gasteiger partial charge in [-0.3, -0.25) is 4.79 Å². The van der Waals surface area contributed by atoms with E-state index in [0.717, 1.165) is 0 Å². The minimum Gasteiger partial charge on any atom is -0.326 e. The van der Waals surface area contributed by atoms with Crippen molar-refractivity contribution in [1.29, 1.82) is 5.26 Å². The van der Waals surface area contributed by atoms with E-state index in [-0.39, 0.29) is 23.9 Å². The largest absolute Gasteiger partial charge is 0.326 e. The fourth-order valence-electron chi connectivity index (χ4n) is 2.40. The Balaban J connectivity index is 2.30. The fourth-order valence-corrected chi connectivity index (χ4v) is 3.80. The van der Waals surface area contributed by atoms with Crippen molar-refractivity contribution in [1.82, 2.24) is 4.31 Å². The number of benzene rings is 2. The van der Waals surface area contributed by atoms with E-state index in [0.29, 0.717) is 16.8 Å². The molecular formula is C19H19N3O3S. The number of nitrogens with zero attached hydrogens (tertiary/aromatic N) is 2. The van der Waals surface area contributed by atoms with E-state index in [1.807, 2.05) is 6.07 Å². The molecule has 0 heterocycles. The Hall–Kier alpha value is -2.95. The summed E-state index contributed by atoms with van der Waals surface area (Å²) in [6.45, 7) is 5.26. The third-order valence-corrected chi connectivity index (χ3v) is 5.39. The molecule has 1 amide bonds. The summed E-state index contributed by atoms with van der Waals surface area (Å²) in [5.74, 6) is -0.230. The molecule has 0 saturated carbocycles. The van der Waals surface area contributed by atoms with Crippen LogP contribution >= 0.6 is 0 Å². The molecule has 0 atom stereocenters. The number of rotatable bonds is 7. The molecule has 26 heavy (non-hydrogen) atoms. The lowest BCUT2D eigenvalue weighted by Gasteiger charge is -2.21. The minimum atomic E-state index is -3.76. The van der Waals surface area contributed by atoms with Crippen LogP contribution in [0.15, 0.2) is 66.1 Å². The van der Waals surface area contributed by atoms with Crippen molar-refractivity contribution in [2.75, 3.05) is 11.9 Å². The van der Waals surface area contributed by atoms with Crippen LogP contribution < -0.4 is 5.32 Å². The highest BCUT2D eigenvalue weighted by molar-refractivity contribution is 7.89. The average molecular weight is 369 g/mol. The second-order valence-electron chi connectivity index (χ2n) is 5.60. The summed E-state index contributed by atoms with van der Waals surface area (Å²) in [6, 6.07) is 14.8. The smallest absolute Gasteiger partial charge is 0.243 e. The maximum atomic E-state index is 12.9. The zero-order valence-corrected chi connectivity index (χ0v) is 15.2. The van der Waals surface area contributed by atoms with Gasteiger partial charge in [0.1, 0.15) is 0 Å².